The zero-order chi connectivity index (χ0) is 11.4. The van der Waals surface area contributed by atoms with E-state index in [-0.39, 0.29) is 0 Å². The van der Waals surface area contributed by atoms with Crippen LogP contribution in [-0.2, 0) is 0 Å². The summed E-state index contributed by atoms with van der Waals surface area (Å²) in [5.74, 6) is 5.91. The highest BCUT2D eigenvalue weighted by Gasteiger charge is 2.01. The van der Waals surface area contributed by atoms with Gasteiger partial charge in [-0.3, -0.25) is 0 Å². The quantitative estimate of drug-likeness (QED) is 0.476. The van der Waals surface area contributed by atoms with Crippen LogP contribution in [0.5, 0.6) is 0 Å². The minimum absolute atomic E-state index is 0.623. The summed E-state index contributed by atoms with van der Waals surface area (Å²) < 4.78 is 0. The Morgan fingerprint density at radius 2 is 2.06 bits per heavy atom. The molecule has 0 spiro atoms. The number of rotatable bonds is 3. The third-order valence-electron chi connectivity index (χ3n) is 1.86. The third kappa shape index (κ3) is 2.68. The van der Waals surface area contributed by atoms with Gasteiger partial charge in [0.05, 0.1) is 0 Å². The number of anilines is 1. The van der Waals surface area contributed by atoms with E-state index in [1.807, 2.05) is 25.1 Å². The number of hydrogen-bond donors (Lipinski definition) is 2. The van der Waals surface area contributed by atoms with Crippen LogP contribution in [0.2, 0.25) is 0 Å². The van der Waals surface area contributed by atoms with Crippen molar-refractivity contribution in [2.75, 3.05) is 5.43 Å². The second-order valence-electron chi connectivity index (χ2n) is 3.10. The molecule has 0 bridgehead atoms. The van der Waals surface area contributed by atoms with Crippen molar-refractivity contribution < 1.29 is 0 Å². The van der Waals surface area contributed by atoms with Crippen LogP contribution >= 0.6 is 11.8 Å². The number of hydrogen-bond acceptors (Lipinski definition) is 6. The predicted molar refractivity (Wildman–Crippen MR) is 62.9 cm³/mol. The van der Waals surface area contributed by atoms with Gasteiger partial charge in [-0.15, -0.1) is 0 Å². The molecule has 0 aliphatic rings. The van der Waals surface area contributed by atoms with Gasteiger partial charge in [-0.1, -0.05) is 0 Å². The van der Waals surface area contributed by atoms with Crippen molar-refractivity contribution in [2.45, 2.75) is 17.0 Å². The lowest BCUT2D eigenvalue weighted by Gasteiger charge is -2.02. The van der Waals surface area contributed by atoms with E-state index in [1.165, 1.54) is 11.8 Å². The minimum Gasteiger partial charge on any atom is -0.308 e. The van der Waals surface area contributed by atoms with Crippen LogP contribution in [0.15, 0.2) is 40.6 Å². The summed E-state index contributed by atoms with van der Waals surface area (Å²) >= 11 is 1.47. The number of aromatic nitrogens is 3. The first-order valence-electron chi connectivity index (χ1n) is 4.68. The van der Waals surface area contributed by atoms with Crippen molar-refractivity contribution in [1.82, 2.24) is 15.0 Å². The molecule has 0 aromatic carbocycles. The monoisotopic (exact) mass is 233 g/mol. The molecule has 0 aliphatic heterocycles. The maximum Gasteiger partial charge on any atom is 0.192 e. The van der Waals surface area contributed by atoms with Gasteiger partial charge in [-0.2, -0.15) is 0 Å². The Labute approximate surface area is 97.5 Å². The van der Waals surface area contributed by atoms with Gasteiger partial charge in [-0.05, 0) is 36.9 Å². The highest BCUT2D eigenvalue weighted by molar-refractivity contribution is 7.99. The molecule has 0 unspecified atom stereocenters. The average molecular weight is 233 g/mol. The number of nitrogens with one attached hydrogen (secondary N) is 1. The van der Waals surface area contributed by atoms with Gasteiger partial charge in [0.2, 0.25) is 0 Å². The van der Waals surface area contributed by atoms with E-state index in [0.29, 0.717) is 11.0 Å². The standard InChI is InChI=1S/C10H11N5S/c1-7-2-4-13-10(14-7)16-8-3-5-12-9(6-8)15-11/h2-6H,11H2,1H3,(H,12,15). The van der Waals surface area contributed by atoms with Crippen LogP contribution < -0.4 is 11.3 Å². The molecule has 0 amide bonds. The van der Waals surface area contributed by atoms with Crippen molar-refractivity contribution >= 4 is 17.6 Å². The lowest BCUT2D eigenvalue weighted by molar-refractivity contribution is 0.932. The van der Waals surface area contributed by atoms with Crippen molar-refractivity contribution in [1.29, 1.82) is 0 Å². The van der Waals surface area contributed by atoms with E-state index in [4.69, 9.17) is 5.84 Å². The van der Waals surface area contributed by atoms with Crippen LogP contribution in [0.4, 0.5) is 5.82 Å². The van der Waals surface area contributed by atoms with Gasteiger partial charge >= 0.3 is 0 Å². The molecule has 6 heteroatoms. The van der Waals surface area contributed by atoms with Gasteiger partial charge in [0.25, 0.3) is 0 Å². The maximum absolute atomic E-state index is 5.28. The summed E-state index contributed by atoms with van der Waals surface area (Å²) in [6, 6.07) is 5.59. The van der Waals surface area contributed by atoms with Crippen molar-refractivity contribution in [3.63, 3.8) is 0 Å². The van der Waals surface area contributed by atoms with Crippen molar-refractivity contribution in [3.05, 3.63) is 36.3 Å². The van der Waals surface area contributed by atoms with E-state index in [0.717, 1.165) is 10.6 Å². The SMILES string of the molecule is Cc1ccnc(Sc2ccnc(NN)c2)n1. The highest BCUT2D eigenvalue weighted by atomic mass is 32.2. The van der Waals surface area contributed by atoms with E-state index in [9.17, 15) is 0 Å². The molecular formula is C10H11N5S. The number of nitrogens with zero attached hydrogens (tertiary/aromatic N) is 3. The Balaban J connectivity index is 2.20. The summed E-state index contributed by atoms with van der Waals surface area (Å²) in [6.45, 7) is 1.94. The molecular weight excluding hydrogens is 222 g/mol. The molecule has 16 heavy (non-hydrogen) atoms. The molecule has 2 rings (SSSR count). The van der Waals surface area contributed by atoms with E-state index >= 15 is 0 Å². The number of aryl methyl sites for hydroxylation is 1. The summed E-state index contributed by atoms with van der Waals surface area (Å²) in [5, 5.41) is 0.717. The van der Waals surface area contributed by atoms with Gasteiger partial charge in [0.1, 0.15) is 5.82 Å². The van der Waals surface area contributed by atoms with Gasteiger partial charge in [0, 0.05) is 23.0 Å². The van der Waals surface area contributed by atoms with Crippen LogP contribution in [0.1, 0.15) is 5.69 Å². The largest absolute Gasteiger partial charge is 0.308 e. The predicted octanol–water partition coefficient (Wildman–Crippen LogP) is 1.62. The third-order valence-corrected chi connectivity index (χ3v) is 2.73. The van der Waals surface area contributed by atoms with Crippen LogP contribution in [-0.4, -0.2) is 15.0 Å². The van der Waals surface area contributed by atoms with E-state index in [1.54, 1.807) is 12.4 Å². The first kappa shape index (κ1) is 10.8. The molecule has 3 N–H and O–H groups in total. The van der Waals surface area contributed by atoms with Gasteiger partial charge < -0.3 is 5.43 Å². The fourth-order valence-electron chi connectivity index (χ4n) is 1.13. The van der Waals surface area contributed by atoms with Gasteiger partial charge in [-0.25, -0.2) is 20.8 Å². The Bertz CT molecular complexity index is 488. The normalized spacial score (nSPS) is 10.1. The molecule has 0 atom stereocenters. The molecule has 0 fully saturated rings. The smallest absolute Gasteiger partial charge is 0.192 e. The molecule has 2 aromatic heterocycles. The minimum atomic E-state index is 0.623. The average Bonchev–Trinajstić information content (AvgIpc) is 2.29. The van der Waals surface area contributed by atoms with Crippen LogP contribution in [0.25, 0.3) is 0 Å². The second-order valence-corrected chi connectivity index (χ2v) is 4.14. The molecule has 82 valence electrons. The van der Waals surface area contributed by atoms with Gasteiger partial charge in [0.15, 0.2) is 5.16 Å². The maximum atomic E-state index is 5.28. The fourth-order valence-corrected chi connectivity index (χ4v) is 1.95. The highest BCUT2D eigenvalue weighted by Crippen LogP contribution is 2.25. The second kappa shape index (κ2) is 4.91. The molecule has 0 radical (unpaired) electrons. The Morgan fingerprint density at radius 3 is 2.81 bits per heavy atom. The fraction of sp³-hybridized carbons (Fsp3) is 0.100. The summed E-state index contributed by atoms with van der Waals surface area (Å²) in [6.07, 6.45) is 3.43. The molecule has 0 saturated heterocycles. The topological polar surface area (TPSA) is 76.7 Å². The number of nitrogens with two attached hydrogens (primary N) is 1. The Kier molecular flexibility index (Phi) is 3.33. The zero-order valence-corrected chi connectivity index (χ0v) is 9.53. The molecule has 2 heterocycles. The molecule has 2 aromatic rings. The zero-order valence-electron chi connectivity index (χ0n) is 8.71. The Hall–Kier alpha value is -1.66. The lowest BCUT2D eigenvalue weighted by atomic mass is 10.5. The number of hydrazine groups is 1. The lowest BCUT2D eigenvalue weighted by Crippen LogP contribution is -2.07. The number of pyridine rings is 1. The van der Waals surface area contributed by atoms with E-state index in [2.05, 4.69) is 20.4 Å². The number of nitrogen functional groups attached to an aromatic ring is 1. The molecule has 5 nitrogen and oxygen atoms in total. The molecule has 0 saturated carbocycles. The summed E-state index contributed by atoms with van der Waals surface area (Å²) in [4.78, 5) is 13.5. The van der Waals surface area contributed by atoms with E-state index < -0.39 is 0 Å². The van der Waals surface area contributed by atoms with Crippen LogP contribution in [0, 0.1) is 6.92 Å². The van der Waals surface area contributed by atoms with Crippen molar-refractivity contribution in [2.24, 2.45) is 5.84 Å². The Morgan fingerprint density at radius 1 is 1.25 bits per heavy atom. The van der Waals surface area contributed by atoms with Crippen molar-refractivity contribution in [3.8, 4) is 0 Å². The summed E-state index contributed by atoms with van der Waals surface area (Å²) in [7, 11) is 0. The first-order chi connectivity index (χ1) is 7.78. The molecule has 0 aliphatic carbocycles. The van der Waals surface area contributed by atoms with Crippen LogP contribution in [0.3, 0.4) is 0 Å². The summed E-state index contributed by atoms with van der Waals surface area (Å²) in [5.41, 5.74) is 3.45. The first-order valence-corrected chi connectivity index (χ1v) is 5.50.